The van der Waals surface area contributed by atoms with E-state index in [4.69, 9.17) is 4.74 Å². The van der Waals surface area contributed by atoms with E-state index in [1.54, 1.807) is 0 Å². The third kappa shape index (κ3) is 2.79. The molecule has 1 saturated heterocycles. The summed E-state index contributed by atoms with van der Waals surface area (Å²) < 4.78 is 6.26. The van der Waals surface area contributed by atoms with Crippen molar-refractivity contribution in [2.24, 2.45) is 0 Å². The van der Waals surface area contributed by atoms with Crippen molar-refractivity contribution in [3.05, 3.63) is 34.7 Å². The van der Waals surface area contributed by atoms with E-state index < -0.39 is 24.0 Å². The molecule has 0 saturated carbocycles. The van der Waals surface area contributed by atoms with Crippen LogP contribution < -0.4 is 5.32 Å². The number of hydrogen-bond acceptors (Lipinski definition) is 5. The predicted molar refractivity (Wildman–Crippen MR) is 86.6 cm³/mol. The Morgan fingerprint density at radius 1 is 1.35 bits per heavy atom. The van der Waals surface area contributed by atoms with Crippen molar-refractivity contribution in [3.63, 3.8) is 0 Å². The van der Waals surface area contributed by atoms with Gasteiger partial charge >= 0.3 is 12.0 Å². The van der Waals surface area contributed by atoms with Gasteiger partial charge in [0.05, 0.1) is 0 Å². The Hall–Kier alpha value is -2.41. The molecule has 0 spiro atoms. The summed E-state index contributed by atoms with van der Waals surface area (Å²) in [7, 11) is 0. The van der Waals surface area contributed by atoms with Crippen LogP contribution in [0.15, 0.2) is 24.3 Å². The average molecular weight is 332 g/mol. The van der Waals surface area contributed by atoms with Crippen molar-refractivity contribution in [2.45, 2.75) is 20.0 Å². The van der Waals surface area contributed by atoms with Gasteiger partial charge in [0, 0.05) is 17.8 Å². The number of amides is 3. The molecule has 1 aromatic carbocycles. The van der Waals surface area contributed by atoms with Gasteiger partial charge in [-0.3, -0.25) is 9.69 Å². The summed E-state index contributed by atoms with van der Waals surface area (Å²) in [5.74, 6) is -1.05. The molecule has 2 aromatic rings. The fourth-order valence-electron chi connectivity index (χ4n) is 2.53. The first kappa shape index (κ1) is 15.5. The predicted octanol–water partition coefficient (Wildman–Crippen LogP) is 2.31. The fourth-order valence-corrected chi connectivity index (χ4v) is 3.63. The van der Waals surface area contributed by atoms with Gasteiger partial charge in [-0.05, 0) is 30.9 Å². The third-order valence-electron chi connectivity index (χ3n) is 3.78. The van der Waals surface area contributed by atoms with Gasteiger partial charge in [-0.25, -0.2) is 9.59 Å². The van der Waals surface area contributed by atoms with Crippen molar-refractivity contribution in [3.8, 4) is 0 Å². The Morgan fingerprint density at radius 2 is 2.09 bits per heavy atom. The molecule has 7 heteroatoms. The normalized spacial score (nSPS) is 15.6. The summed E-state index contributed by atoms with van der Waals surface area (Å²) >= 11 is 1.34. The zero-order valence-electron chi connectivity index (χ0n) is 12.8. The second-order valence-corrected chi connectivity index (χ2v) is 6.37. The second-order valence-electron chi connectivity index (χ2n) is 5.32. The first-order valence-electron chi connectivity index (χ1n) is 7.27. The Kier molecular flexibility index (Phi) is 4.04. The van der Waals surface area contributed by atoms with Gasteiger partial charge in [0.1, 0.15) is 4.88 Å². The number of ether oxygens (including phenoxy) is 1. The van der Waals surface area contributed by atoms with Crippen LogP contribution in [0.4, 0.5) is 4.79 Å². The van der Waals surface area contributed by atoms with E-state index in [2.05, 4.69) is 5.32 Å². The molecule has 6 nitrogen and oxygen atoms in total. The van der Waals surface area contributed by atoms with Gasteiger partial charge in [0.2, 0.25) is 0 Å². The smallest absolute Gasteiger partial charge is 0.349 e. The van der Waals surface area contributed by atoms with Crippen LogP contribution in [0.5, 0.6) is 0 Å². The van der Waals surface area contributed by atoms with E-state index in [1.807, 2.05) is 31.2 Å². The minimum atomic E-state index is -1.00. The number of esters is 1. The van der Waals surface area contributed by atoms with Crippen LogP contribution in [0, 0.1) is 6.92 Å². The summed E-state index contributed by atoms with van der Waals surface area (Å²) in [5.41, 5.74) is 0.842. The molecule has 120 valence electrons. The van der Waals surface area contributed by atoms with Gasteiger partial charge in [-0.2, -0.15) is 0 Å². The molecule has 1 fully saturated rings. The number of aryl methyl sites for hydroxylation is 1. The van der Waals surface area contributed by atoms with Crippen LogP contribution in [0.3, 0.4) is 0 Å². The molecule has 1 aliphatic rings. The number of nitrogens with zero attached hydrogens (tertiary/aromatic N) is 1. The van der Waals surface area contributed by atoms with Crippen LogP contribution in [0.25, 0.3) is 10.1 Å². The third-order valence-corrected chi connectivity index (χ3v) is 5.04. The van der Waals surface area contributed by atoms with Crippen molar-refractivity contribution in [1.29, 1.82) is 0 Å². The maximum Gasteiger partial charge on any atom is 0.349 e. The second kappa shape index (κ2) is 6.00. The molecule has 2 heterocycles. The van der Waals surface area contributed by atoms with E-state index in [0.717, 1.165) is 20.5 Å². The maximum absolute atomic E-state index is 12.4. The van der Waals surface area contributed by atoms with Crippen LogP contribution in [0.2, 0.25) is 0 Å². The van der Waals surface area contributed by atoms with Gasteiger partial charge in [0.25, 0.3) is 5.91 Å². The number of imide groups is 1. The van der Waals surface area contributed by atoms with E-state index >= 15 is 0 Å². The van der Waals surface area contributed by atoms with Gasteiger partial charge in [-0.15, -0.1) is 11.3 Å². The SMILES string of the molecule is Cc1c(C(=O)O[C@@H](C)C(=O)N2CCNC2=O)sc2ccccc12. The highest BCUT2D eigenvalue weighted by atomic mass is 32.1. The Balaban J connectivity index is 1.76. The average Bonchev–Trinajstić information content (AvgIpc) is 3.11. The first-order valence-corrected chi connectivity index (χ1v) is 8.09. The van der Waals surface area contributed by atoms with Crippen molar-refractivity contribution < 1.29 is 19.1 Å². The quantitative estimate of drug-likeness (QED) is 0.875. The number of fused-ring (bicyclic) bond motifs is 1. The molecule has 1 aromatic heterocycles. The highest BCUT2D eigenvalue weighted by Gasteiger charge is 2.32. The van der Waals surface area contributed by atoms with E-state index in [1.165, 1.54) is 18.3 Å². The standard InChI is InChI=1S/C16H16N2O4S/c1-9-11-5-3-4-6-12(11)23-13(9)15(20)22-10(2)14(19)18-8-7-17-16(18)21/h3-6,10H,7-8H2,1-2H3,(H,17,21)/t10-/m0/s1. The molecule has 0 unspecified atom stereocenters. The van der Waals surface area contributed by atoms with Crippen LogP contribution in [0.1, 0.15) is 22.2 Å². The van der Waals surface area contributed by atoms with E-state index in [-0.39, 0.29) is 0 Å². The monoisotopic (exact) mass is 332 g/mol. The summed E-state index contributed by atoms with van der Waals surface area (Å²) in [6.45, 7) is 4.05. The first-order chi connectivity index (χ1) is 11.0. The minimum absolute atomic E-state index is 0.293. The zero-order chi connectivity index (χ0) is 16.6. The lowest BCUT2D eigenvalue weighted by Crippen LogP contribution is -2.41. The van der Waals surface area contributed by atoms with Gasteiger partial charge in [-0.1, -0.05) is 18.2 Å². The number of hydrogen-bond donors (Lipinski definition) is 1. The van der Waals surface area contributed by atoms with Crippen molar-refractivity contribution in [2.75, 3.05) is 13.1 Å². The lowest BCUT2D eigenvalue weighted by Gasteiger charge is -2.17. The Morgan fingerprint density at radius 3 is 2.74 bits per heavy atom. The van der Waals surface area contributed by atoms with Crippen LogP contribution in [-0.4, -0.2) is 42.0 Å². The van der Waals surface area contributed by atoms with E-state index in [9.17, 15) is 14.4 Å². The molecule has 1 N–H and O–H groups in total. The largest absolute Gasteiger partial charge is 0.448 e. The summed E-state index contributed by atoms with van der Waals surface area (Å²) in [5, 5.41) is 3.55. The maximum atomic E-state index is 12.4. The molecule has 1 atom stereocenters. The van der Waals surface area contributed by atoms with Crippen molar-refractivity contribution >= 4 is 39.3 Å². The molecule has 23 heavy (non-hydrogen) atoms. The molecule has 0 aliphatic carbocycles. The fraction of sp³-hybridized carbons (Fsp3) is 0.312. The molecule has 3 amide bonds. The lowest BCUT2D eigenvalue weighted by molar-refractivity contribution is -0.136. The number of carbonyl (C=O) groups excluding carboxylic acids is 3. The Labute approximate surface area is 137 Å². The number of thiophene rings is 1. The summed E-state index contributed by atoms with van der Waals surface area (Å²) in [6.07, 6.45) is -1.00. The summed E-state index contributed by atoms with van der Waals surface area (Å²) in [4.78, 5) is 37.6. The molecule has 1 aliphatic heterocycles. The van der Waals surface area contributed by atoms with Crippen LogP contribution >= 0.6 is 11.3 Å². The molecular weight excluding hydrogens is 316 g/mol. The van der Waals surface area contributed by atoms with Gasteiger partial charge in [0.15, 0.2) is 6.10 Å². The highest BCUT2D eigenvalue weighted by molar-refractivity contribution is 7.21. The topological polar surface area (TPSA) is 75.7 Å². The lowest BCUT2D eigenvalue weighted by atomic mass is 10.1. The minimum Gasteiger partial charge on any atom is -0.448 e. The van der Waals surface area contributed by atoms with Crippen molar-refractivity contribution in [1.82, 2.24) is 10.2 Å². The van der Waals surface area contributed by atoms with E-state index in [0.29, 0.717) is 18.0 Å². The Bertz CT molecular complexity index is 798. The molecule has 3 rings (SSSR count). The highest BCUT2D eigenvalue weighted by Crippen LogP contribution is 2.31. The van der Waals surface area contributed by atoms with Gasteiger partial charge < -0.3 is 10.1 Å². The zero-order valence-corrected chi connectivity index (χ0v) is 13.6. The molecular formula is C16H16N2O4S. The van der Waals surface area contributed by atoms with Crippen LogP contribution in [-0.2, 0) is 9.53 Å². The number of rotatable bonds is 3. The summed E-state index contributed by atoms with van der Waals surface area (Å²) in [6, 6.07) is 7.26. The molecule has 0 radical (unpaired) electrons. The number of benzene rings is 1. The number of carbonyl (C=O) groups is 3. The molecule has 0 bridgehead atoms. The number of urea groups is 1. The number of nitrogens with one attached hydrogen (secondary N) is 1.